The number of hydrogen-bond donors (Lipinski definition) is 0. The van der Waals surface area contributed by atoms with E-state index in [0.717, 1.165) is 34.6 Å². The number of rotatable bonds is 12. The summed E-state index contributed by atoms with van der Waals surface area (Å²) in [4.78, 5) is 90.7. The van der Waals surface area contributed by atoms with Gasteiger partial charge in [0.2, 0.25) is 24.8 Å². The van der Waals surface area contributed by atoms with Crippen LogP contribution in [0.4, 0.5) is 5.69 Å². The highest BCUT2D eigenvalue weighted by molar-refractivity contribution is 5.70. The second-order valence-electron chi connectivity index (χ2n) is 11.8. The molecule has 300 valence electrons. The van der Waals surface area contributed by atoms with Gasteiger partial charge >= 0.3 is 41.8 Å². The van der Waals surface area contributed by atoms with Crippen LogP contribution in [-0.2, 0) is 76.2 Å². The fourth-order valence-corrected chi connectivity index (χ4v) is 5.50. The Hall–Kier alpha value is -5.37. The molecule has 3 rings (SSSR count). The van der Waals surface area contributed by atoms with Gasteiger partial charge in [0.25, 0.3) is 5.69 Å². The standard InChI is InChI=1S/C19H23NO10.C15H22O9/c1-5-15-16(26-10(2)21)17(27-11(3)22)18(28-12(4)23)19(30-15)29-14-8-6-13(7-9-14)20(24)25;1-6-11-12(20-7(2)16)13(21-8(3)17)14(22-9(4)18)15(24-11)23-10(5)19/h6-9,15-19H,5H2,1-4H3;11-15H,6H2,1-5H3. The minimum atomic E-state index is -1.28. The Labute approximate surface area is 310 Å². The molecule has 1 aromatic rings. The molecule has 1 aromatic carbocycles. The van der Waals surface area contributed by atoms with Crippen LogP contribution in [0.5, 0.6) is 5.75 Å². The summed E-state index contributed by atoms with van der Waals surface area (Å²) < 4.78 is 53.7. The normalized spacial score (nSPS) is 27.3. The minimum absolute atomic E-state index is 0.136. The molecule has 20 heteroatoms. The van der Waals surface area contributed by atoms with E-state index in [9.17, 15) is 43.7 Å². The molecule has 10 unspecified atom stereocenters. The van der Waals surface area contributed by atoms with Crippen LogP contribution in [-0.4, -0.2) is 108 Å². The van der Waals surface area contributed by atoms with Crippen LogP contribution < -0.4 is 4.74 Å². The van der Waals surface area contributed by atoms with Crippen molar-refractivity contribution in [2.24, 2.45) is 0 Å². The summed E-state index contributed by atoms with van der Waals surface area (Å²) in [6.07, 6.45) is -10.1. The summed E-state index contributed by atoms with van der Waals surface area (Å²) in [5, 5.41) is 10.8. The van der Waals surface area contributed by atoms with Crippen molar-refractivity contribution in [2.75, 3.05) is 0 Å². The van der Waals surface area contributed by atoms with E-state index >= 15 is 0 Å². The average Bonchev–Trinajstić information content (AvgIpc) is 3.05. The molecule has 0 N–H and O–H groups in total. The number of ether oxygens (including phenoxy) is 10. The topological polar surface area (TPSA) is 255 Å². The summed E-state index contributed by atoms with van der Waals surface area (Å²) in [6.45, 7) is 11.7. The van der Waals surface area contributed by atoms with Crippen LogP contribution >= 0.6 is 0 Å². The molecule has 0 saturated carbocycles. The zero-order chi connectivity index (χ0) is 40.9. The molecule has 20 nitrogen and oxygen atoms in total. The molecule has 2 aliphatic rings. The van der Waals surface area contributed by atoms with Gasteiger partial charge in [0.05, 0.1) is 4.92 Å². The highest BCUT2D eigenvalue weighted by Crippen LogP contribution is 2.33. The Bertz CT molecular complexity index is 1510. The van der Waals surface area contributed by atoms with Crippen molar-refractivity contribution in [2.45, 2.75) is 137 Å². The van der Waals surface area contributed by atoms with Crippen molar-refractivity contribution in [1.29, 1.82) is 0 Å². The largest absolute Gasteiger partial charge is 0.461 e. The Morgan fingerprint density at radius 3 is 1.17 bits per heavy atom. The predicted octanol–water partition coefficient (Wildman–Crippen LogP) is 2.38. The number of benzene rings is 1. The van der Waals surface area contributed by atoms with E-state index < -0.39 is 108 Å². The Balaban J connectivity index is 0.000000383. The minimum Gasteiger partial charge on any atom is -0.461 e. The summed E-state index contributed by atoms with van der Waals surface area (Å²) in [7, 11) is 0. The summed E-state index contributed by atoms with van der Waals surface area (Å²) in [6, 6.07) is 5.18. The molecule has 0 radical (unpaired) electrons. The van der Waals surface area contributed by atoms with Crippen molar-refractivity contribution >= 4 is 47.5 Å². The van der Waals surface area contributed by atoms with Crippen molar-refractivity contribution in [1.82, 2.24) is 0 Å². The predicted molar refractivity (Wildman–Crippen MR) is 177 cm³/mol. The van der Waals surface area contributed by atoms with Gasteiger partial charge < -0.3 is 47.4 Å². The number of hydrogen-bond acceptors (Lipinski definition) is 19. The first-order valence-electron chi connectivity index (χ1n) is 16.7. The van der Waals surface area contributed by atoms with Crippen molar-refractivity contribution < 1.29 is 85.9 Å². The molecule has 0 aromatic heterocycles. The van der Waals surface area contributed by atoms with Crippen molar-refractivity contribution in [3.8, 4) is 5.75 Å². The highest BCUT2D eigenvalue weighted by Gasteiger charge is 2.54. The summed E-state index contributed by atoms with van der Waals surface area (Å²) in [5.41, 5.74) is -0.136. The maximum absolute atomic E-state index is 11.7. The van der Waals surface area contributed by atoms with Crippen molar-refractivity contribution in [3.05, 3.63) is 34.4 Å². The van der Waals surface area contributed by atoms with Crippen molar-refractivity contribution in [3.63, 3.8) is 0 Å². The first-order chi connectivity index (χ1) is 25.3. The maximum Gasteiger partial charge on any atom is 0.305 e. The fraction of sp³-hybridized carbons (Fsp3) is 0.618. The molecular weight excluding hydrogens is 726 g/mol. The number of nitro groups is 1. The molecule has 2 aliphatic heterocycles. The van der Waals surface area contributed by atoms with Gasteiger partial charge in [-0.1, -0.05) is 13.8 Å². The molecule has 0 spiro atoms. The van der Waals surface area contributed by atoms with E-state index in [2.05, 4.69) is 0 Å². The molecule has 2 saturated heterocycles. The molecule has 54 heavy (non-hydrogen) atoms. The smallest absolute Gasteiger partial charge is 0.305 e. The summed E-state index contributed by atoms with van der Waals surface area (Å²) in [5.74, 6) is -4.47. The van der Waals surface area contributed by atoms with Crippen LogP contribution in [0, 0.1) is 10.1 Å². The quantitative estimate of drug-likeness (QED) is 0.128. The van der Waals surface area contributed by atoms with Gasteiger partial charge in [0.1, 0.15) is 18.0 Å². The van der Waals surface area contributed by atoms with Gasteiger partial charge in [-0.3, -0.25) is 43.7 Å². The first-order valence-corrected chi connectivity index (χ1v) is 16.7. The Morgan fingerprint density at radius 2 is 0.833 bits per heavy atom. The van der Waals surface area contributed by atoms with E-state index in [1.165, 1.54) is 38.1 Å². The van der Waals surface area contributed by atoms with Crippen LogP contribution in [0.25, 0.3) is 0 Å². The number of nitrogens with zero attached hydrogens (tertiary/aromatic N) is 1. The Morgan fingerprint density at radius 1 is 0.519 bits per heavy atom. The van der Waals surface area contributed by atoms with Gasteiger partial charge in [-0.05, 0) is 25.0 Å². The molecule has 10 atom stereocenters. The van der Waals surface area contributed by atoms with E-state index in [0.29, 0.717) is 12.8 Å². The molecule has 0 aliphatic carbocycles. The van der Waals surface area contributed by atoms with Crippen LogP contribution in [0.1, 0.15) is 75.2 Å². The molecule has 0 bridgehead atoms. The van der Waals surface area contributed by atoms with E-state index in [-0.39, 0.29) is 11.4 Å². The van der Waals surface area contributed by atoms with E-state index in [4.69, 9.17) is 47.4 Å². The molecule has 2 fully saturated rings. The van der Waals surface area contributed by atoms with Crippen LogP contribution in [0.3, 0.4) is 0 Å². The van der Waals surface area contributed by atoms with Gasteiger partial charge in [0.15, 0.2) is 24.4 Å². The monoisotopic (exact) mass is 771 g/mol. The number of carbonyl (C=O) groups is 7. The third-order valence-corrected chi connectivity index (χ3v) is 7.38. The number of nitro benzene ring substituents is 1. The lowest BCUT2D eigenvalue weighted by Gasteiger charge is -2.44. The third kappa shape index (κ3) is 13.6. The van der Waals surface area contributed by atoms with Gasteiger partial charge in [0, 0.05) is 60.6 Å². The van der Waals surface area contributed by atoms with Gasteiger partial charge in [-0.2, -0.15) is 0 Å². The molecule has 0 amide bonds. The zero-order valence-electron chi connectivity index (χ0n) is 31.2. The third-order valence-electron chi connectivity index (χ3n) is 7.38. The zero-order valence-corrected chi connectivity index (χ0v) is 31.2. The Kier molecular flexibility index (Phi) is 17.2. The average molecular weight is 772 g/mol. The fourth-order valence-electron chi connectivity index (χ4n) is 5.50. The van der Waals surface area contributed by atoms with Gasteiger partial charge in [-0.25, -0.2) is 0 Å². The lowest BCUT2D eigenvalue weighted by atomic mass is 9.96. The lowest BCUT2D eigenvalue weighted by Crippen LogP contribution is -2.62. The molecular formula is C34H45NO19. The van der Waals surface area contributed by atoms with E-state index in [1.54, 1.807) is 13.8 Å². The van der Waals surface area contributed by atoms with Crippen LogP contribution in [0.2, 0.25) is 0 Å². The second-order valence-corrected chi connectivity index (χ2v) is 11.8. The van der Waals surface area contributed by atoms with E-state index in [1.807, 2.05) is 0 Å². The highest BCUT2D eigenvalue weighted by atomic mass is 16.7. The summed E-state index contributed by atoms with van der Waals surface area (Å²) >= 11 is 0. The number of non-ortho nitro benzene ring substituents is 1. The van der Waals surface area contributed by atoms with Gasteiger partial charge in [-0.15, -0.1) is 0 Å². The van der Waals surface area contributed by atoms with Crippen LogP contribution in [0.15, 0.2) is 24.3 Å². The maximum atomic E-state index is 11.7. The SMILES string of the molecule is CCC1OC(OC(C)=O)C(OC(C)=O)C(OC(C)=O)C1OC(C)=O.CCC1OC(Oc2ccc([N+](=O)[O-])cc2)C(OC(C)=O)C(OC(C)=O)C1OC(C)=O. The first kappa shape index (κ1) is 44.8. The lowest BCUT2D eigenvalue weighted by molar-refractivity contribution is -0.384. The molecule has 2 heterocycles. The second kappa shape index (κ2) is 20.8. The number of carbonyl (C=O) groups excluding carboxylic acids is 7. The number of esters is 7.